The van der Waals surface area contributed by atoms with Crippen LogP contribution in [-0.4, -0.2) is 40.4 Å². The Morgan fingerprint density at radius 1 is 1.15 bits per heavy atom. The number of imidazole rings is 1. The average Bonchev–Trinajstić information content (AvgIpc) is 3.54. The van der Waals surface area contributed by atoms with Gasteiger partial charge in [-0.15, -0.1) is 0 Å². The van der Waals surface area contributed by atoms with Crippen LogP contribution in [0.1, 0.15) is 28.7 Å². The number of fused-ring (bicyclic) bond motifs is 1. The molecule has 212 valence electrons. The van der Waals surface area contributed by atoms with Crippen molar-refractivity contribution < 1.29 is 18.7 Å². The van der Waals surface area contributed by atoms with Crippen LogP contribution in [0.3, 0.4) is 0 Å². The molecule has 5 rings (SSSR count). The SMILES string of the molecule is CN(CCC(=O)NC=O)c1cnc(-c2ccc3c(c2)CN(Cc2ccc(OCc4c(F)cccc4Cl)cc2)C3)n1C. The van der Waals surface area contributed by atoms with Gasteiger partial charge in [0.15, 0.2) is 0 Å². The van der Waals surface area contributed by atoms with Crippen LogP contribution in [0.2, 0.25) is 5.02 Å². The topological polar surface area (TPSA) is 79.7 Å². The third-order valence-electron chi connectivity index (χ3n) is 7.28. The van der Waals surface area contributed by atoms with Crippen molar-refractivity contribution in [3.05, 3.63) is 100.0 Å². The molecule has 2 amide bonds. The maximum Gasteiger partial charge on any atom is 0.228 e. The Balaban J connectivity index is 1.18. The van der Waals surface area contributed by atoms with E-state index in [4.69, 9.17) is 16.3 Å². The summed E-state index contributed by atoms with van der Waals surface area (Å²) < 4.78 is 21.8. The maximum atomic E-state index is 14.0. The molecule has 0 saturated heterocycles. The number of hydrogen-bond donors (Lipinski definition) is 1. The van der Waals surface area contributed by atoms with Gasteiger partial charge in [0.05, 0.1) is 11.2 Å². The van der Waals surface area contributed by atoms with E-state index < -0.39 is 0 Å². The van der Waals surface area contributed by atoms with E-state index >= 15 is 0 Å². The quantitative estimate of drug-likeness (QED) is 0.252. The molecule has 0 radical (unpaired) electrons. The van der Waals surface area contributed by atoms with E-state index in [0.717, 1.165) is 42.4 Å². The van der Waals surface area contributed by atoms with Crippen molar-refractivity contribution in [2.45, 2.75) is 32.7 Å². The number of aromatic nitrogens is 2. The molecule has 1 aliphatic heterocycles. The Morgan fingerprint density at radius 2 is 1.93 bits per heavy atom. The molecule has 41 heavy (non-hydrogen) atoms. The van der Waals surface area contributed by atoms with Crippen LogP contribution in [0.5, 0.6) is 5.75 Å². The number of hydrogen-bond acceptors (Lipinski definition) is 6. The summed E-state index contributed by atoms with van der Waals surface area (Å²) in [7, 11) is 3.85. The number of carbonyl (C=O) groups excluding carboxylic acids is 2. The zero-order valence-electron chi connectivity index (χ0n) is 22.9. The molecule has 3 aromatic carbocycles. The molecular weight excluding hydrogens is 545 g/mol. The van der Waals surface area contributed by atoms with Crippen molar-refractivity contribution in [1.29, 1.82) is 0 Å². The Labute approximate surface area is 243 Å². The fourth-order valence-corrected chi connectivity index (χ4v) is 5.25. The number of imide groups is 1. The van der Waals surface area contributed by atoms with E-state index in [1.807, 2.05) is 47.8 Å². The number of benzene rings is 3. The van der Waals surface area contributed by atoms with Crippen molar-refractivity contribution in [3.8, 4) is 17.1 Å². The summed E-state index contributed by atoms with van der Waals surface area (Å²) in [6.45, 7) is 3.01. The summed E-state index contributed by atoms with van der Waals surface area (Å²) in [5.74, 6) is 1.70. The first kappa shape index (κ1) is 28.3. The van der Waals surface area contributed by atoms with E-state index in [2.05, 4.69) is 33.4 Å². The second kappa shape index (κ2) is 12.5. The van der Waals surface area contributed by atoms with Gasteiger partial charge in [0.2, 0.25) is 12.3 Å². The maximum absolute atomic E-state index is 14.0. The number of ether oxygens (including phenoxy) is 1. The highest BCUT2D eigenvalue weighted by molar-refractivity contribution is 6.31. The lowest BCUT2D eigenvalue weighted by Gasteiger charge is -2.19. The first-order chi connectivity index (χ1) is 19.8. The fraction of sp³-hybridized carbons (Fsp3) is 0.258. The van der Waals surface area contributed by atoms with Crippen LogP contribution in [0.4, 0.5) is 10.2 Å². The van der Waals surface area contributed by atoms with Gasteiger partial charge in [-0.2, -0.15) is 0 Å². The van der Waals surface area contributed by atoms with Crippen molar-refractivity contribution in [2.24, 2.45) is 7.05 Å². The molecule has 0 aliphatic carbocycles. The Hall–Kier alpha value is -4.21. The van der Waals surface area contributed by atoms with Gasteiger partial charge in [0, 0.05) is 57.8 Å². The Kier molecular flexibility index (Phi) is 8.66. The van der Waals surface area contributed by atoms with E-state index in [1.165, 1.54) is 17.2 Å². The highest BCUT2D eigenvalue weighted by atomic mass is 35.5. The van der Waals surface area contributed by atoms with Gasteiger partial charge in [0.1, 0.15) is 29.8 Å². The van der Waals surface area contributed by atoms with Gasteiger partial charge in [0.25, 0.3) is 0 Å². The zero-order chi connectivity index (χ0) is 28.9. The molecule has 1 aromatic heterocycles. The molecule has 8 nitrogen and oxygen atoms in total. The van der Waals surface area contributed by atoms with Crippen molar-refractivity contribution in [1.82, 2.24) is 19.8 Å². The molecule has 2 heterocycles. The van der Waals surface area contributed by atoms with Crippen molar-refractivity contribution in [2.75, 3.05) is 18.5 Å². The summed E-state index contributed by atoms with van der Waals surface area (Å²) >= 11 is 6.10. The van der Waals surface area contributed by atoms with Gasteiger partial charge in [-0.25, -0.2) is 9.37 Å². The highest BCUT2D eigenvalue weighted by Crippen LogP contribution is 2.31. The monoisotopic (exact) mass is 575 g/mol. The third-order valence-corrected chi connectivity index (χ3v) is 7.63. The summed E-state index contributed by atoms with van der Waals surface area (Å²) in [5.41, 5.74) is 5.10. The van der Waals surface area contributed by atoms with E-state index in [0.29, 0.717) is 29.3 Å². The van der Waals surface area contributed by atoms with Crippen LogP contribution in [-0.2, 0) is 42.9 Å². The summed E-state index contributed by atoms with van der Waals surface area (Å²) in [4.78, 5) is 31.1. The number of nitrogens with one attached hydrogen (secondary N) is 1. The zero-order valence-corrected chi connectivity index (χ0v) is 23.7. The predicted molar refractivity (Wildman–Crippen MR) is 156 cm³/mol. The Morgan fingerprint density at radius 3 is 2.68 bits per heavy atom. The third kappa shape index (κ3) is 6.58. The molecule has 0 spiro atoms. The smallest absolute Gasteiger partial charge is 0.228 e. The second-order valence-corrected chi connectivity index (χ2v) is 10.5. The molecule has 0 atom stereocenters. The molecule has 1 aliphatic rings. The number of anilines is 1. The molecule has 0 saturated carbocycles. The predicted octanol–water partition coefficient (Wildman–Crippen LogP) is 5.07. The van der Waals surface area contributed by atoms with Gasteiger partial charge < -0.3 is 14.2 Å². The number of amides is 2. The normalized spacial score (nSPS) is 12.7. The molecule has 1 N–H and O–H groups in total. The second-order valence-electron chi connectivity index (χ2n) is 10.1. The highest BCUT2D eigenvalue weighted by Gasteiger charge is 2.21. The van der Waals surface area contributed by atoms with Crippen LogP contribution in [0.15, 0.2) is 66.9 Å². The van der Waals surface area contributed by atoms with E-state index in [9.17, 15) is 14.0 Å². The van der Waals surface area contributed by atoms with Crippen molar-refractivity contribution in [3.63, 3.8) is 0 Å². The largest absolute Gasteiger partial charge is 0.489 e. The first-order valence-electron chi connectivity index (χ1n) is 13.3. The first-order valence-corrected chi connectivity index (χ1v) is 13.6. The molecule has 0 bridgehead atoms. The number of halogens is 2. The van der Waals surface area contributed by atoms with Crippen LogP contribution in [0.25, 0.3) is 11.4 Å². The van der Waals surface area contributed by atoms with Crippen LogP contribution < -0.4 is 15.0 Å². The lowest BCUT2D eigenvalue weighted by molar-refractivity contribution is -0.125. The molecule has 0 fully saturated rings. The minimum Gasteiger partial charge on any atom is -0.489 e. The number of rotatable bonds is 11. The van der Waals surface area contributed by atoms with Gasteiger partial charge in [-0.3, -0.25) is 19.8 Å². The van der Waals surface area contributed by atoms with Crippen LogP contribution in [0, 0.1) is 5.82 Å². The summed E-state index contributed by atoms with van der Waals surface area (Å²) in [6.07, 6.45) is 2.41. The molecule has 0 unspecified atom stereocenters. The summed E-state index contributed by atoms with van der Waals surface area (Å²) in [5, 5.41) is 2.52. The number of nitrogens with zero attached hydrogens (tertiary/aromatic N) is 4. The van der Waals surface area contributed by atoms with Gasteiger partial charge in [-0.05, 0) is 47.0 Å². The molecule has 4 aromatic rings. The van der Waals surface area contributed by atoms with Gasteiger partial charge >= 0.3 is 0 Å². The van der Waals surface area contributed by atoms with Crippen molar-refractivity contribution >= 4 is 29.7 Å². The van der Waals surface area contributed by atoms with E-state index in [-0.39, 0.29) is 24.8 Å². The minimum atomic E-state index is -0.376. The van der Waals surface area contributed by atoms with Gasteiger partial charge in [-0.1, -0.05) is 41.9 Å². The average molecular weight is 576 g/mol. The lowest BCUT2D eigenvalue weighted by atomic mass is 10.1. The van der Waals surface area contributed by atoms with E-state index in [1.54, 1.807) is 18.3 Å². The molecule has 10 heteroatoms. The fourth-order valence-electron chi connectivity index (χ4n) is 5.04. The summed E-state index contributed by atoms with van der Waals surface area (Å²) in [6, 6.07) is 18.9. The standard InChI is InChI=1S/C31H31ClFN5O3/c1-36(13-12-29(40)35-20-39)30-15-34-31(37(30)2)22-8-9-23-17-38(18-24(23)14-22)16-21-6-10-25(11-7-21)41-19-26-27(32)4-3-5-28(26)33/h3-11,14-15,20H,12-13,16-19H2,1-2H3,(H,35,39,40). The minimum absolute atomic E-state index is 0.0704. The van der Waals surface area contributed by atoms with Crippen LogP contribution >= 0.6 is 11.6 Å². The number of carbonyl (C=O) groups is 2. The Bertz CT molecular complexity index is 1540. The lowest BCUT2D eigenvalue weighted by Crippen LogP contribution is -2.28. The molecular formula is C31H31ClFN5O3.